The molecule has 0 aliphatic rings. The third kappa shape index (κ3) is 4.36. The molecular formula is C19H18O. The minimum Gasteiger partial charge on any atom is -0.299 e. The second kappa shape index (κ2) is 7.25. The lowest BCUT2D eigenvalue weighted by Gasteiger charge is -2.02. The molecule has 0 fully saturated rings. The number of carbonyl (C=O) groups is 1. The molecule has 0 saturated heterocycles. The highest BCUT2D eigenvalue weighted by Crippen LogP contribution is 2.11. The van der Waals surface area contributed by atoms with Crippen molar-refractivity contribution in [1.82, 2.24) is 0 Å². The van der Waals surface area contributed by atoms with Crippen LogP contribution in [-0.4, -0.2) is 5.78 Å². The molecular weight excluding hydrogens is 244 g/mol. The molecule has 0 aliphatic heterocycles. The number of carbonyl (C=O) groups excluding carboxylic acids is 1. The summed E-state index contributed by atoms with van der Waals surface area (Å²) in [6.45, 7) is 1.62. The molecule has 2 aromatic carbocycles. The van der Waals surface area contributed by atoms with Crippen LogP contribution in [0.5, 0.6) is 0 Å². The summed E-state index contributed by atoms with van der Waals surface area (Å²) in [5.41, 5.74) is 2.21. The lowest BCUT2D eigenvalue weighted by Crippen LogP contribution is -2.03. The Morgan fingerprint density at radius 3 is 1.55 bits per heavy atom. The zero-order valence-electron chi connectivity index (χ0n) is 11.6. The van der Waals surface area contributed by atoms with Crippen LogP contribution < -0.4 is 0 Å². The molecule has 1 nitrogen and oxygen atoms in total. The predicted octanol–water partition coefficient (Wildman–Crippen LogP) is 4.62. The summed E-state index contributed by atoms with van der Waals surface area (Å²) in [5.74, 6) is -0.0419. The fraction of sp³-hybridized carbons (Fsp3) is 0.105. The van der Waals surface area contributed by atoms with E-state index in [-0.39, 0.29) is 11.7 Å². The van der Waals surface area contributed by atoms with Gasteiger partial charge in [-0.25, -0.2) is 0 Å². The van der Waals surface area contributed by atoms with Crippen LogP contribution in [0.4, 0.5) is 0 Å². The Bertz CT molecular complexity index is 545. The average molecular weight is 262 g/mol. The SMILES string of the molecule is CC(=O)C(C=Cc1ccccc1)C=Cc1ccccc1. The Morgan fingerprint density at radius 1 is 0.800 bits per heavy atom. The zero-order chi connectivity index (χ0) is 14.2. The molecule has 0 aromatic heterocycles. The van der Waals surface area contributed by atoms with Crippen molar-refractivity contribution in [2.45, 2.75) is 6.92 Å². The first-order valence-electron chi connectivity index (χ1n) is 6.72. The van der Waals surface area contributed by atoms with Gasteiger partial charge in [-0.15, -0.1) is 0 Å². The van der Waals surface area contributed by atoms with Gasteiger partial charge in [0.15, 0.2) is 0 Å². The standard InChI is InChI=1S/C19H18O/c1-16(20)19(14-12-17-8-4-2-5-9-17)15-13-18-10-6-3-7-11-18/h2-15,19H,1H3. The van der Waals surface area contributed by atoms with Crippen LogP contribution in [0.25, 0.3) is 12.2 Å². The highest BCUT2D eigenvalue weighted by Gasteiger charge is 2.05. The van der Waals surface area contributed by atoms with Gasteiger partial charge in [0, 0.05) is 0 Å². The Labute approximate surface area is 120 Å². The third-order valence-corrected chi connectivity index (χ3v) is 3.06. The van der Waals surface area contributed by atoms with Crippen molar-refractivity contribution in [2.24, 2.45) is 5.92 Å². The second-order valence-corrected chi connectivity index (χ2v) is 4.68. The molecule has 20 heavy (non-hydrogen) atoms. The van der Waals surface area contributed by atoms with Gasteiger partial charge in [0.1, 0.15) is 5.78 Å². The Hall–Kier alpha value is -2.41. The fourth-order valence-electron chi connectivity index (χ4n) is 1.89. The van der Waals surface area contributed by atoms with Crippen LogP contribution in [0.3, 0.4) is 0 Å². The van der Waals surface area contributed by atoms with Gasteiger partial charge in [-0.05, 0) is 18.1 Å². The average Bonchev–Trinajstić information content (AvgIpc) is 2.49. The predicted molar refractivity (Wildman–Crippen MR) is 85.1 cm³/mol. The normalized spacial score (nSPS) is 12.8. The molecule has 0 atom stereocenters. The van der Waals surface area contributed by atoms with E-state index >= 15 is 0 Å². The van der Waals surface area contributed by atoms with Crippen LogP contribution in [0.2, 0.25) is 0 Å². The van der Waals surface area contributed by atoms with E-state index in [4.69, 9.17) is 0 Å². The quantitative estimate of drug-likeness (QED) is 0.768. The maximum absolute atomic E-state index is 11.7. The number of allylic oxidation sites excluding steroid dienone is 2. The van der Waals surface area contributed by atoms with Crippen molar-refractivity contribution in [2.75, 3.05) is 0 Å². The lowest BCUT2D eigenvalue weighted by atomic mass is 10.0. The fourth-order valence-corrected chi connectivity index (χ4v) is 1.89. The van der Waals surface area contributed by atoms with Crippen molar-refractivity contribution in [1.29, 1.82) is 0 Å². The maximum Gasteiger partial charge on any atom is 0.140 e. The van der Waals surface area contributed by atoms with Gasteiger partial charge < -0.3 is 0 Å². The molecule has 0 N–H and O–H groups in total. The van der Waals surface area contributed by atoms with E-state index in [1.165, 1.54) is 0 Å². The van der Waals surface area contributed by atoms with Crippen LogP contribution in [0.1, 0.15) is 18.1 Å². The minimum atomic E-state index is -0.185. The number of benzene rings is 2. The maximum atomic E-state index is 11.7. The molecule has 0 saturated carbocycles. The minimum absolute atomic E-state index is 0.143. The molecule has 0 unspecified atom stereocenters. The Morgan fingerprint density at radius 2 is 1.20 bits per heavy atom. The van der Waals surface area contributed by atoms with E-state index in [9.17, 15) is 4.79 Å². The first-order chi connectivity index (χ1) is 9.75. The molecule has 0 spiro atoms. The number of Topliss-reactive ketones (excluding diaryl/α,β-unsaturated/α-hetero) is 1. The summed E-state index contributed by atoms with van der Waals surface area (Å²) in [6, 6.07) is 20.0. The van der Waals surface area contributed by atoms with Crippen molar-refractivity contribution in [3.63, 3.8) is 0 Å². The van der Waals surface area contributed by atoms with Crippen molar-refractivity contribution < 1.29 is 4.79 Å². The topological polar surface area (TPSA) is 17.1 Å². The summed E-state index contributed by atoms with van der Waals surface area (Å²) in [5, 5.41) is 0. The Kier molecular flexibility index (Phi) is 5.08. The van der Waals surface area contributed by atoms with Crippen LogP contribution in [0.15, 0.2) is 72.8 Å². The molecule has 1 heteroatoms. The van der Waals surface area contributed by atoms with E-state index < -0.39 is 0 Å². The van der Waals surface area contributed by atoms with Crippen molar-refractivity contribution >= 4 is 17.9 Å². The van der Waals surface area contributed by atoms with E-state index in [0.29, 0.717) is 0 Å². The lowest BCUT2D eigenvalue weighted by molar-refractivity contribution is -0.118. The smallest absolute Gasteiger partial charge is 0.140 e. The van der Waals surface area contributed by atoms with Crippen LogP contribution >= 0.6 is 0 Å². The molecule has 0 bridgehead atoms. The summed E-state index contributed by atoms with van der Waals surface area (Å²) in [7, 11) is 0. The molecule has 0 amide bonds. The van der Waals surface area contributed by atoms with Gasteiger partial charge in [0.2, 0.25) is 0 Å². The summed E-state index contributed by atoms with van der Waals surface area (Å²) in [4.78, 5) is 11.7. The summed E-state index contributed by atoms with van der Waals surface area (Å²) in [6.07, 6.45) is 7.86. The van der Waals surface area contributed by atoms with Crippen molar-refractivity contribution in [3.05, 3.63) is 83.9 Å². The summed E-state index contributed by atoms with van der Waals surface area (Å²) >= 11 is 0. The molecule has 0 heterocycles. The highest BCUT2D eigenvalue weighted by atomic mass is 16.1. The summed E-state index contributed by atoms with van der Waals surface area (Å²) < 4.78 is 0. The van der Waals surface area contributed by atoms with Gasteiger partial charge in [-0.1, -0.05) is 85.0 Å². The van der Waals surface area contributed by atoms with E-state index in [0.717, 1.165) is 11.1 Å². The van der Waals surface area contributed by atoms with Crippen molar-refractivity contribution in [3.8, 4) is 0 Å². The number of ketones is 1. The van der Waals surface area contributed by atoms with E-state index in [1.807, 2.05) is 85.0 Å². The number of rotatable bonds is 5. The number of hydrogen-bond acceptors (Lipinski definition) is 1. The van der Waals surface area contributed by atoms with Gasteiger partial charge >= 0.3 is 0 Å². The molecule has 0 aliphatic carbocycles. The van der Waals surface area contributed by atoms with Gasteiger partial charge in [-0.2, -0.15) is 0 Å². The number of hydrogen-bond donors (Lipinski definition) is 0. The first kappa shape index (κ1) is 14.0. The van der Waals surface area contributed by atoms with E-state index in [2.05, 4.69) is 0 Å². The van der Waals surface area contributed by atoms with Gasteiger partial charge in [0.25, 0.3) is 0 Å². The molecule has 0 radical (unpaired) electrons. The van der Waals surface area contributed by atoms with Crippen LogP contribution in [-0.2, 0) is 4.79 Å². The van der Waals surface area contributed by atoms with Crippen LogP contribution in [0, 0.1) is 5.92 Å². The largest absolute Gasteiger partial charge is 0.299 e. The highest BCUT2D eigenvalue weighted by molar-refractivity contribution is 5.84. The molecule has 100 valence electrons. The third-order valence-electron chi connectivity index (χ3n) is 3.06. The Balaban J connectivity index is 2.10. The van der Waals surface area contributed by atoms with E-state index in [1.54, 1.807) is 6.92 Å². The molecule has 2 rings (SSSR count). The van der Waals surface area contributed by atoms with Gasteiger partial charge in [-0.3, -0.25) is 4.79 Å². The second-order valence-electron chi connectivity index (χ2n) is 4.68. The monoisotopic (exact) mass is 262 g/mol. The molecule has 2 aromatic rings. The first-order valence-corrected chi connectivity index (χ1v) is 6.72. The van der Waals surface area contributed by atoms with Gasteiger partial charge in [0.05, 0.1) is 5.92 Å². The zero-order valence-corrected chi connectivity index (χ0v) is 11.6.